The van der Waals surface area contributed by atoms with E-state index in [0.29, 0.717) is 132 Å². The summed E-state index contributed by atoms with van der Waals surface area (Å²) in [5.74, 6) is -4.21. The maximum atomic E-state index is 9.82. The quantitative estimate of drug-likeness (QED) is 0.0406. The Morgan fingerprint density at radius 2 is 0.198 bits per heavy atom. The molecule has 0 bridgehead atoms. The summed E-state index contributed by atoms with van der Waals surface area (Å²) in [6, 6.07) is 0. The number of carbonyl (C=O) groups is 20. The van der Waals surface area contributed by atoms with Crippen molar-refractivity contribution in [3.63, 3.8) is 0 Å². The molecule has 0 radical (unpaired) electrons. The standard InChI is InChI=1S/C6H14.20C4H8O2.C2H4Cl2O/c1-3-5-6-4-2;20*1-3-6-4(2)5;3-2(4)1-5/h3-6H2,1-2H3;20*3H2,1-2H3;2,5H,1H2. The summed E-state index contributed by atoms with van der Waals surface area (Å²) in [5, 5.41) is 7.88. The number of carbonyl (C=O) groups excluding carboxylic acids is 20. The zero-order valence-corrected chi connectivity index (χ0v) is 89.3. The van der Waals surface area contributed by atoms with E-state index in [4.69, 9.17) is 28.3 Å². The maximum absolute atomic E-state index is 9.82. The van der Waals surface area contributed by atoms with Gasteiger partial charge in [-0.2, -0.15) is 0 Å². The molecule has 0 unspecified atom stereocenters. The van der Waals surface area contributed by atoms with Crippen molar-refractivity contribution >= 4 is 143 Å². The lowest BCUT2D eigenvalue weighted by Crippen LogP contribution is -1.95. The molecule has 0 aromatic heterocycles. The van der Waals surface area contributed by atoms with Gasteiger partial charge < -0.3 is 99.8 Å². The molecule has 0 aliphatic carbocycles. The highest BCUT2D eigenvalue weighted by Crippen LogP contribution is 1.97. The second-order valence-corrected chi connectivity index (χ2v) is 22.0. The van der Waals surface area contributed by atoms with Crippen LogP contribution in [0.1, 0.15) is 316 Å². The van der Waals surface area contributed by atoms with E-state index in [2.05, 4.69) is 109 Å². The van der Waals surface area contributed by atoms with E-state index < -0.39 is 4.84 Å². The van der Waals surface area contributed by atoms with Crippen molar-refractivity contribution in [1.29, 1.82) is 0 Å². The Kier molecular flexibility index (Phi) is 240. The first-order chi connectivity index (χ1) is 60.6. The van der Waals surface area contributed by atoms with E-state index in [9.17, 15) is 95.9 Å². The Labute approximate surface area is 795 Å². The van der Waals surface area contributed by atoms with Gasteiger partial charge in [0.2, 0.25) is 0 Å². The third-order valence-electron chi connectivity index (χ3n) is 8.05. The predicted octanol–water partition coefficient (Wildman–Crippen LogP) is 14.8. The van der Waals surface area contributed by atoms with E-state index in [0.717, 1.165) is 0 Å². The van der Waals surface area contributed by atoms with Crippen molar-refractivity contribution in [2.24, 2.45) is 0 Å². The van der Waals surface area contributed by atoms with Gasteiger partial charge in [-0.05, 0) is 138 Å². The first-order valence-corrected chi connectivity index (χ1v) is 43.0. The Balaban J connectivity index is -0.0000000475. The van der Waals surface area contributed by atoms with Gasteiger partial charge in [0.1, 0.15) is 4.84 Å². The van der Waals surface area contributed by atoms with Crippen LogP contribution in [0, 0.1) is 0 Å². The highest BCUT2D eigenvalue weighted by Gasteiger charge is 1.93. The molecule has 0 fully saturated rings. The van der Waals surface area contributed by atoms with Crippen molar-refractivity contribution in [2.75, 3.05) is 139 Å². The molecule has 0 rings (SSSR count). The molecular formula is C88H178Cl2O41. The normalized spacial score (nSPS) is 7.80. The maximum Gasteiger partial charge on any atom is 0.302 e. The number of aliphatic hydroxyl groups excluding tert-OH is 1. The van der Waals surface area contributed by atoms with Crippen LogP contribution in [0.25, 0.3) is 0 Å². The van der Waals surface area contributed by atoms with Gasteiger partial charge in [-0.3, -0.25) is 95.9 Å². The van der Waals surface area contributed by atoms with Crippen LogP contribution < -0.4 is 0 Å². The van der Waals surface area contributed by atoms with Gasteiger partial charge >= 0.3 is 119 Å². The van der Waals surface area contributed by atoms with E-state index in [-0.39, 0.29) is 126 Å². The Morgan fingerprint density at radius 3 is 0.206 bits per heavy atom. The number of esters is 20. The zero-order chi connectivity index (χ0) is 109. The number of aliphatic hydroxyl groups is 1. The molecule has 0 amide bonds. The van der Waals surface area contributed by atoms with Crippen molar-refractivity contribution in [3.05, 3.63) is 0 Å². The average molecular weight is 1960 g/mol. The van der Waals surface area contributed by atoms with Gasteiger partial charge in [0, 0.05) is 138 Å². The minimum Gasteiger partial charge on any atom is -0.466 e. The highest BCUT2D eigenvalue weighted by atomic mass is 35.5. The molecule has 0 heterocycles. The zero-order valence-electron chi connectivity index (χ0n) is 87.8. The Bertz CT molecular complexity index is 1840. The molecule has 0 aliphatic rings. The predicted molar refractivity (Wildman–Crippen MR) is 499 cm³/mol. The van der Waals surface area contributed by atoms with Crippen molar-refractivity contribution in [2.45, 2.75) is 321 Å². The second kappa shape index (κ2) is 177. The lowest BCUT2D eigenvalue weighted by Gasteiger charge is -1.89. The van der Waals surface area contributed by atoms with Gasteiger partial charge in [0.25, 0.3) is 0 Å². The summed E-state index contributed by atoms with van der Waals surface area (Å²) in [6.45, 7) is 77.4. The molecule has 131 heavy (non-hydrogen) atoms. The van der Waals surface area contributed by atoms with Crippen LogP contribution in [0.2, 0.25) is 0 Å². The van der Waals surface area contributed by atoms with Gasteiger partial charge in [-0.1, -0.05) is 39.5 Å². The summed E-state index contributed by atoms with van der Waals surface area (Å²) < 4.78 is 88.1. The fraction of sp³-hybridized carbons (Fsp3) is 0.773. The van der Waals surface area contributed by atoms with Gasteiger partial charge in [-0.25, -0.2) is 0 Å². The highest BCUT2D eigenvalue weighted by molar-refractivity contribution is 6.44. The number of hydrogen-bond acceptors (Lipinski definition) is 41. The molecule has 0 spiro atoms. The minimum absolute atomic E-state index is 0.164. The first-order valence-electron chi connectivity index (χ1n) is 42.2. The Morgan fingerprint density at radius 1 is 0.153 bits per heavy atom. The minimum atomic E-state index is -0.616. The topological polar surface area (TPSA) is 546 Å². The average Bonchev–Trinajstić information content (AvgIpc) is 1.25. The molecule has 1 N–H and O–H groups in total. The SMILES string of the molecule is CCCCCC.CCOC(C)=O.CCOC(C)=O.CCOC(C)=O.CCOC(C)=O.CCOC(C)=O.CCOC(C)=O.CCOC(C)=O.CCOC(C)=O.CCOC(C)=O.CCOC(C)=O.CCOC(C)=O.CCOC(C)=O.CCOC(C)=O.CCOC(C)=O.CCOC(C)=O.CCOC(C)=O.CCOC(C)=O.CCOC(C)=O.CCOC(C)=O.CCOC(C)=O.OCC(Cl)Cl. The van der Waals surface area contributed by atoms with Crippen LogP contribution in [0.4, 0.5) is 0 Å². The molecular weight excluding hydrogens is 1780 g/mol. The molecule has 790 valence electrons. The molecule has 0 saturated carbocycles. The smallest absolute Gasteiger partial charge is 0.302 e. The number of hydrogen-bond donors (Lipinski definition) is 1. The number of unbranched alkanes of at least 4 members (excludes halogenated alkanes) is 3. The molecule has 0 aromatic rings. The van der Waals surface area contributed by atoms with E-state index in [1.54, 1.807) is 138 Å². The van der Waals surface area contributed by atoms with Gasteiger partial charge in [0.05, 0.1) is 139 Å². The van der Waals surface area contributed by atoms with E-state index in [1.807, 2.05) is 0 Å². The van der Waals surface area contributed by atoms with Crippen LogP contribution in [-0.4, -0.2) is 268 Å². The molecule has 0 saturated heterocycles. The fourth-order valence-corrected chi connectivity index (χ4v) is 4.57. The van der Waals surface area contributed by atoms with Crippen LogP contribution in [0.3, 0.4) is 0 Å². The molecule has 0 atom stereocenters. The van der Waals surface area contributed by atoms with E-state index in [1.165, 1.54) is 164 Å². The summed E-state index contributed by atoms with van der Waals surface area (Å²) >= 11 is 9.96. The van der Waals surface area contributed by atoms with Gasteiger partial charge in [-0.15, -0.1) is 23.2 Å². The number of alkyl halides is 2. The third-order valence-corrected chi connectivity index (χ3v) is 8.32. The van der Waals surface area contributed by atoms with E-state index >= 15 is 0 Å². The summed E-state index contributed by atoms with van der Waals surface area (Å²) in [5.41, 5.74) is 0. The van der Waals surface area contributed by atoms with Crippen LogP contribution >= 0.6 is 23.2 Å². The lowest BCUT2D eigenvalue weighted by atomic mass is 10.2. The molecule has 0 aromatic carbocycles. The lowest BCUT2D eigenvalue weighted by molar-refractivity contribution is -0.141. The third kappa shape index (κ3) is 553. The second-order valence-electron chi connectivity index (χ2n) is 20.8. The van der Waals surface area contributed by atoms with Crippen molar-refractivity contribution in [1.82, 2.24) is 0 Å². The molecule has 43 heteroatoms. The monoisotopic (exact) mass is 1960 g/mol. The number of halogens is 2. The summed E-state index contributed by atoms with van der Waals surface area (Å²) in [4.78, 5) is 196. The summed E-state index contributed by atoms with van der Waals surface area (Å²) in [6.07, 6.45) is 5.54. The fourth-order valence-electron chi connectivity index (χ4n) is 4.57. The largest absolute Gasteiger partial charge is 0.466 e. The molecule has 41 nitrogen and oxygen atoms in total. The van der Waals surface area contributed by atoms with Crippen LogP contribution in [0.15, 0.2) is 0 Å². The Hall–Kier alpha value is -10.1. The number of rotatable bonds is 24. The summed E-state index contributed by atoms with van der Waals surface area (Å²) in [7, 11) is 0. The molecule has 0 aliphatic heterocycles. The van der Waals surface area contributed by atoms with Gasteiger partial charge in [0.15, 0.2) is 0 Å². The van der Waals surface area contributed by atoms with Crippen molar-refractivity contribution in [3.8, 4) is 0 Å². The van der Waals surface area contributed by atoms with Crippen LogP contribution in [0.5, 0.6) is 0 Å². The first kappa shape index (κ1) is 178. The van der Waals surface area contributed by atoms with Crippen molar-refractivity contribution < 1.29 is 196 Å². The number of ether oxygens (including phenoxy) is 20. The van der Waals surface area contributed by atoms with Crippen LogP contribution in [-0.2, 0) is 191 Å².